The molecule has 2 fully saturated rings. The molecule has 1 saturated heterocycles. The summed E-state index contributed by atoms with van der Waals surface area (Å²) in [4.78, 5) is 24.0. The number of amides is 2. The second kappa shape index (κ2) is 6.77. The smallest absolute Gasteiger partial charge is 0.222 e. The fourth-order valence-corrected chi connectivity index (χ4v) is 3.41. The zero-order valence-corrected chi connectivity index (χ0v) is 13.4. The van der Waals surface area contributed by atoms with Crippen molar-refractivity contribution in [3.8, 4) is 0 Å². The minimum atomic E-state index is -0.242. The summed E-state index contributed by atoms with van der Waals surface area (Å²) >= 11 is 0. The average molecular weight is 296 g/mol. The zero-order chi connectivity index (χ0) is 15.5. The highest BCUT2D eigenvalue weighted by Crippen LogP contribution is 2.35. The minimum absolute atomic E-state index is 0.0358. The number of carbonyl (C=O) groups is 2. The van der Waals surface area contributed by atoms with Crippen molar-refractivity contribution >= 4 is 11.8 Å². The van der Waals surface area contributed by atoms with E-state index in [0.29, 0.717) is 37.9 Å². The van der Waals surface area contributed by atoms with Gasteiger partial charge in [-0.25, -0.2) is 0 Å². The third-order valence-corrected chi connectivity index (χ3v) is 4.97. The van der Waals surface area contributed by atoms with Crippen LogP contribution in [0.25, 0.3) is 0 Å². The van der Waals surface area contributed by atoms with Crippen LogP contribution >= 0.6 is 0 Å². The quantitative estimate of drug-likeness (QED) is 0.713. The van der Waals surface area contributed by atoms with Crippen LogP contribution in [0.3, 0.4) is 0 Å². The van der Waals surface area contributed by atoms with Gasteiger partial charge in [-0.15, -0.1) is 0 Å². The van der Waals surface area contributed by atoms with Crippen LogP contribution in [0.1, 0.15) is 52.9 Å². The monoisotopic (exact) mass is 296 g/mol. The molecule has 2 aliphatic rings. The van der Waals surface area contributed by atoms with Crippen molar-refractivity contribution in [2.75, 3.05) is 13.2 Å². The molecular formula is C16H28N2O3. The molecule has 2 N–H and O–H groups in total. The molecule has 3 unspecified atom stereocenters. The van der Waals surface area contributed by atoms with E-state index in [1.165, 1.54) is 0 Å². The lowest BCUT2D eigenvalue weighted by Crippen LogP contribution is -2.54. The zero-order valence-electron chi connectivity index (χ0n) is 13.4. The molecule has 2 amide bonds. The van der Waals surface area contributed by atoms with E-state index in [2.05, 4.69) is 31.4 Å². The largest absolute Gasteiger partial charge is 0.380 e. The van der Waals surface area contributed by atoms with Gasteiger partial charge in [0.25, 0.3) is 0 Å². The van der Waals surface area contributed by atoms with Crippen LogP contribution in [-0.2, 0) is 14.3 Å². The number of hydrogen-bond donors (Lipinski definition) is 2. The first-order valence-electron chi connectivity index (χ1n) is 8.06. The second-order valence-electron chi connectivity index (χ2n) is 7.04. The number of rotatable bonds is 0. The summed E-state index contributed by atoms with van der Waals surface area (Å²) in [7, 11) is 0. The highest BCUT2D eigenvalue weighted by molar-refractivity contribution is 5.77. The van der Waals surface area contributed by atoms with Crippen molar-refractivity contribution in [3.05, 3.63) is 0 Å². The van der Waals surface area contributed by atoms with E-state index in [1.807, 2.05) is 0 Å². The van der Waals surface area contributed by atoms with Gasteiger partial charge in [0.1, 0.15) is 0 Å². The molecule has 1 saturated carbocycles. The van der Waals surface area contributed by atoms with E-state index in [1.54, 1.807) is 0 Å². The van der Waals surface area contributed by atoms with Crippen molar-refractivity contribution < 1.29 is 14.3 Å². The normalized spacial score (nSPS) is 34.7. The summed E-state index contributed by atoms with van der Waals surface area (Å²) in [6.45, 7) is 7.13. The van der Waals surface area contributed by atoms with Crippen molar-refractivity contribution in [2.45, 2.75) is 64.5 Å². The van der Waals surface area contributed by atoms with E-state index in [0.717, 1.165) is 19.3 Å². The van der Waals surface area contributed by atoms with Gasteiger partial charge in [-0.2, -0.15) is 0 Å². The highest BCUT2D eigenvalue weighted by Gasteiger charge is 2.38. The van der Waals surface area contributed by atoms with E-state index in [4.69, 9.17) is 4.74 Å². The van der Waals surface area contributed by atoms with Gasteiger partial charge >= 0.3 is 0 Å². The molecule has 1 aliphatic heterocycles. The van der Waals surface area contributed by atoms with Crippen LogP contribution in [0.15, 0.2) is 0 Å². The summed E-state index contributed by atoms with van der Waals surface area (Å²) in [5.74, 6) is 0.977. The molecule has 0 aromatic heterocycles. The molecule has 0 aromatic rings. The molecule has 0 aromatic carbocycles. The first kappa shape index (κ1) is 16.3. The van der Waals surface area contributed by atoms with E-state index in [-0.39, 0.29) is 23.4 Å². The summed E-state index contributed by atoms with van der Waals surface area (Å²) < 4.78 is 5.37. The fourth-order valence-electron chi connectivity index (χ4n) is 3.41. The summed E-state index contributed by atoms with van der Waals surface area (Å²) in [6, 6.07) is 0.202. The van der Waals surface area contributed by atoms with Gasteiger partial charge in [0.15, 0.2) is 0 Å². The van der Waals surface area contributed by atoms with Gasteiger partial charge in [0, 0.05) is 24.4 Å². The van der Waals surface area contributed by atoms with Gasteiger partial charge in [0.2, 0.25) is 11.8 Å². The number of ether oxygens (including phenoxy) is 1. The van der Waals surface area contributed by atoms with Gasteiger partial charge in [-0.05, 0) is 44.9 Å². The Balaban J connectivity index is 2.12. The average Bonchev–Trinajstić information content (AvgIpc) is 2.39. The third kappa shape index (κ3) is 4.43. The molecule has 120 valence electrons. The molecule has 5 heteroatoms. The van der Waals surface area contributed by atoms with Crippen LogP contribution in [0, 0.1) is 11.8 Å². The molecular weight excluding hydrogens is 268 g/mol. The number of hydrogen-bond acceptors (Lipinski definition) is 3. The first-order chi connectivity index (χ1) is 9.88. The predicted molar refractivity (Wildman–Crippen MR) is 80.7 cm³/mol. The van der Waals surface area contributed by atoms with E-state index in [9.17, 15) is 9.59 Å². The molecule has 2 bridgehead atoms. The Labute approximate surface area is 127 Å². The van der Waals surface area contributed by atoms with E-state index < -0.39 is 0 Å². The molecule has 0 spiro atoms. The Morgan fingerprint density at radius 2 is 1.76 bits per heavy atom. The predicted octanol–water partition coefficient (Wildman–Crippen LogP) is 1.61. The lowest BCUT2D eigenvalue weighted by atomic mass is 9.71. The maximum atomic E-state index is 12.0. The van der Waals surface area contributed by atoms with Crippen LogP contribution in [0.2, 0.25) is 0 Å². The Morgan fingerprint density at radius 1 is 1.10 bits per heavy atom. The van der Waals surface area contributed by atoms with Gasteiger partial charge < -0.3 is 15.4 Å². The summed E-state index contributed by atoms with van der Waals surface area (Å²) in [6.07, 6.45) is 3.85. The lowest BCUT2D eigenvalue weighted by Gasteiger charge is -2.43. The standard InChI is InChI=1S/C16H28N2O3/c1-11-4-5-12-10-13(11)17-14(19)6-8-21-9-7-15(20)18-16(12,2)3/h11-13H,4-10H2,1-3H3,(H,17,19)(H,18,20). The van der Waals surface area contributed by atoms with Gasteiger partial charge in [-0.1, -0.05) is 6.92 Å². The maximum Gasteiger partial charge on any atom is 0.222 e. The number of carbonyl (C=O) groups excluding carboxylic acids is 2. The Bertz CT molecular complexity index is 395. The summed E-state index contributed by atoms with van der Waals surface area (Å²) in [5, 5.41) is 6.30. The fraction of sp³-hybridized carbons (Fsp3) is 0.875. The topological polar surface area (TPSA) is 67.4 Å². The summed E-state index contributed by atoms with van der Waals surface area (Å²) in [5.41, 5.74) is -0.242. The van der Waals surface area contributed by atoms with Crippen molar-refractivity contribution in [1.29, 1.82) is 0 Å². The minimum Gasteiger partial charge on any atom is -0.380 e. The molecule has 1 aliphatic carbocycles. The lowest BCUT2D eigenvalue weighted by molar-refractivity contribution is -0.124. The highest BCUT2D eigenvalue weighted by atomic mass is 16.5. The van der Waals surface area contributed by atoms with Crippen molar-refractivity contribution in [2.24, 2.45) is 11.8 Å². The Kier molecular flexibility index (Phi) is 5.25. The number of fused-ring (bicyclic) bond motifs is 2. The third-order valence-electron chi connectivity index (χ3n) is 4.97. The SMILES string of the molecule is CC1CCC2CC1NC(=O)CCOCCC(=O)NC2(C)C. The van der Waals surface area contributed by atoms with Crippen LogP contribution in [-0.4, -0.2) is 36.6 Å². The van der Waals surface area contributed by atoms with Crippen molar-refractivity contribution in [3.63, 3.8) is 0 Å². The molecule has 1 heterocycles. The van der Waals surface area contributed by atoms with Gasteiger partial charge in [-0.3, -0.25) is 9.59 Å². The van der Waals surface area contributed by atoms with Gasteiger partial charge in [0.05, 0.1) is 13.2 Å². The molecule has 0 radical (unpaired) electrons. The van der Waals surface area contributed by atoms with Crippen LogP contribution in [0.5, 0.6) is 0 Å². The Hall–Kier alpha value is -1.10. The molecule has 3 atom stereocenters. The van der Waals surface area contributed by atoms with Crippen molar-refractivity contribution in [1.82, 2.24) is 10.6 Å². The molecule has 21 heavy (non-hydrogen) atoms. The van der Waals surface area contributed by atoms with E-state index >= 15 is 0 Å². The second-order valence-corrected chi connectivity index (χ2v) is 7.04. The Morgan fingerprint density at radius 3 is 2.48 bits per heavy atom. The first-order valence-corrected chi connectivity index (χ1v) is 8.06. The maximum absolute atomic E-state index is 12.0. The number of nitrogens with one attached hydrogen (secondary N) is 2. The van der Waals surface area contributed by atoms with Crippen LogP contribution in [0.4, 0.5) is 0 Å². The molecule has 5 nitrogen and oxygen atoms in total. The molecule has 2 rings (SSSR count). The van der Waals surface area contributed by atoms with Crippen LogP contribution < -0.4 is 10.6 Å².